The summed E-state index contributed by atoms with van der Waals surface area (Å²) in [4.78, 5) is 51.9. The number of carboxylic acid groups (broad SMARTS) is 2. The van der Waals surface area contributed by atoms with Gasteiger partial charge in [0.15, 0.2) is 0 Å². The average Bonchev–Trinajstić information content (AvgIpc) is 2.85. The van der Waals surface area contributed by atoms with Crippen LogP contribution in [0.5, 0.6) is 0 Å². The SMILES string of the molecule is O=C(O)C(=O)Nc1ccccc1N(C(=O)C(=O)O)C1CC2CCCC(C1)N2CC1CC2CCCC(C2)C1. The van der Waals surface area contributed by atoms with E-state index in [0.717, 1.165) is 37.6 Å². The number of fused-ring (bicyclic) bond motifs is 4. The van der Waals surface area contributed by atoms with Crippen LogP contribution in [-0.4, -0.2) is 63.5 Å². The summed E-state index contributed by atoms with van der Waals surface area (Å²) < 4.78 is 0. The Morgan fingerprint density at radius 2 is 1.46 bits per heavy atom. The second-order valence-electron chi connectivity index (χ2n) is 11.6. The molecule has 4 unspecified atom stereocenters. The van der Waals surface area contributed by atoms with Crippen molar-refractivity contribution in [3.05, 3.63) is 24.3 Å². The number of hydrogen-bond donors (Lipinski definition) is 3. The molecule has 2 aliphatic heterocycles. The summed E-state index contributed by atoms with van der Waals surface area (Å²) in [6.45, 7) is 1.09. The number of carbonyl (C=O) groups is 4. The van der Waals surface area contributed by atoms with Gasteiger partial charge >= 0.3 is 23.8 Å². The maximum atomic E-state index is 13.0. The molecule has 0 spiro atoms. The van der Waals surface area contributed by atoms with Gasteiger partial charge in [0.25, 0.3) is 0 Å². The molecule has 5 rings (SSSR count). The van der Waals surface area contributed by atoms with Gasteiger partial charge in [-0.3, -0.25) is 19.4 Å². The van der Waals surface area contributed by atoms with Crippen molar-refractivity contribution in [2.45, 2.75) is 88.8 Å². The molecule has 0 radical (unpaired) electrons. The molecular formula is C28H37N3O6. The van der Waals surface area contributed by atoms with Crippen LogP contribution in [0.25, 0.3) is 0 Å². The lowest BCUT2D eigenvalue weighted by molar-refractivity contribution is -0.149. The number of carbonyl (C=O) groups excluding carboxylic acids is 2. The fraction of sp³-hybridized carbons (Fsp3) is 0.643. The highest BCUT2D eigenvalue weighted by Crippen LogP contribution is 2.45. The summed E-state index contributed by atoms with van der Waals surface area (Å²) in [6.07, 6.45) is 12.7. The van der Waals surface area contributed by atoms with Crippen molar-refractivity contribution >= 4 is 35.1 Å². The average molecular weight is 512 g/mol. The predicted octanol–water partition coefficient (Wildman–Crippen LogP) is 3.73. The number of rotatable bonds is 5. The number of nitrogens with zero attached hydrogens (tertiary/aromatic N) is 2. The Bertz CT molecular complexity index is 1030. The summed E-state index contributed by atoms with van der Waals surface area (Å²) >= 11 is 0. The van der Waals surface area contributed by atoms with Crippen molar-refractivity contribution in [3.8, 4) is 0 Å². The molecule has 2 heterocycles. The van der Waals surface area contributed by atoms with E-state index >= 15 is 0 Å². The van der Waals surface area contributed by atoms with E-state index in [1.54, 1.807) is 18.2 Å². The number of anilines is 2. The number of hydrogen-bond acceptors (Lipinski definition) is 5. The summed E-state index contributed by atoms with van der Waals surface area (Å²) in [6, 6.07) is 6.55. The number of aliphatic carboxylic acids is 2. The first-order valence-electron chi connectivity index (χ1n) is 13.8. The van der Waals surface area contributed by atoms with E-state index in [0.29, 0.717) is 18.8 Å². The van der Waals surface area contributed by atoms with E-state index in [-0.39, 0.29) is 29.5 Å². The maximum Gasteiger partial charge on any atom is 0.394 e. The van der Waals surface area contributed by atoms with Gasteiger partial charge in [-0.1, -0.05) is 37.8 Å². The molecule has 2 amide bonds. The molecule has 9 nitrogen and oxygen atoms in total. The van der Waals surface area contributed by atoms with E-state index in [1.165, 1.54) is 49.5 Å². The van der Waals surface area contributed by atoms with Crippen LogP contribution in [0.3, 0.4) is 0 Å². The van der Waals surface area contributed by atoms with Gasteiger partial charge in [0, 0.05) is 24.7 Å². The smallest absolute Gasteiger partial charge is 0.394 e. The third-order valence-corrected chi connectivity index (χ3v) is 9.17. The third kappa shape index (κ3) is 5.51. The van der Waals surface area contributed by atoms with Crippen molar-refractivity contribution in [1.82, 2.24) is 4.90 Å². The Hall–Kier alpha value is -2.94. The largest absolute Gasteiger partial charge is 0.474 e. The van der Waals surface area contributed by atoms with E-state index < -0.39 is 23.8 Å². The van der Waals surface area contributed by atoms with Gasteiger partial charge in [-0.2, -0.15) is 0 Å². The lowest BCUT2D eigenvalue weighted by atomic mass is 9.67. The van der Waals surface area contributed by atoms with E-state index in [2.05, 4.69) is 10.2 Å². The fourth-order valence-corrected chi connectivity index (χ4v) is 7.82. The molecule has 37 heavy (non-hydrogen) atoms. The summed E-state index contributed by atoms with van der Waals surface area (Å²) in [7, 11) is 0. The molecule has 1 aromatic rings. The Morgan fingerprint density at radius 1 is 0.838 bits per heavy atom. The van der Waals surface area contributed by atoms with E-state index in [1.807, 2.05) is 0 Å². The van der Waals surface area contributed by atoms with Crippen LogP contribution < -0.4 is 10.2 Å². The molecule has 2 saturated carbocycles. The first-order valence-corrected chi connectivity index (χ1v) is 13.8. The molecule has 9 heteroatoms. The zero-order valence-electron chi connectivity index (χ0n) is 21.2. The second-order valence-corrected chi connectivity index (χ2v) is 11.6. The molecule has 3 N–H and O–H groups in total. The van der Waals surface area contributed by atoms with Crippen LogP contribution >= 0.6 is 0 Å². The quantitative estimate of drug-likeness (QED) is 0.514. The molecule has 1 aromatic carbocycles. The zero-order chi connectivity index (χ0) is 26.1. The number of nitrogens with one attached hydrogen (secondary N) is 1. The predicted molar refractivity (Wildman–Crippen MR) is 137 cm³/mol. The minimum absolute atomic E-state index is 0.117. The van der Waals surface area contributed by atoms with Gasteiger partial charge in [0.2, 0.25) is 0 Å². The summed E-state index contributed by atoms with van der Waals surface area (Å²) in [5.41, 5.74) is 0.340. The maximum absolute atomic E-state index is 13.0. The van der Waals surface area contributed by atoms with Crippen molar-refractivity contribution in [1.29, 1.82) is 0 Å². The zero-order valence-corrected chi connectivity index (χ0v) is 21.2. The molecule has 4 bridgehead atoms. The molecular weight excluding hydrogens is 474 g/mol. The van der Waals surface area contributed by atoms with Crippen molar-refractivity contribution in [3.63, 3.8) is 0 Å². The summed E-state index contributed by atoms with van der Waals surface area (Å²) in [5.74, 6) is -3.06. The van der Waals surface area contributed by atoms with Crippen molar-refractivity contribution in [2.75, 3.05) is 16.8 Å². The Morgan fingerprint density at radius 3 is 2.08 bits per heavy atom. The van der Waals surface area contributed by atoms with Crippen molar-refractivity contribution < 1.29 is 29.4 Å². The summed E-state index contributed by atoms with van der Waals surface area (Å²) in [5, 5.41) is 21.0. The number of piperidine rings is 2. The molecule has 4 aliphatic rings. The molecule has 4 atom stereocenters. The minimum atomic E-state index is -1.65. The number of benzene rings is 1. The Labute approximate surface area is 217 Å². The second kappa shape index (κ2) is 10.8. The van der Waals surface area contributed by atoms with Gasteiger partial charge in [-0.25, -0.2) is 9.59 Å². The topological polar surface area (TPSA) is 127 Å². The molecule has 0 aromatic heterocycles. The Kier molecular flexibility index (Phi) is 7.51. The standard InChI is InChI=1S/C28H37N3O6/c32-25(27(34)35)29-23-9-1-2-10-24(23)31(26(33)28(36)37)22-14-20-7-4-8-21(15-22)30(20)16-19-12-17-5-3-6-18(11-17)13-19/h1-2,9-10,17-22H,3-8,11-16H2,(H,29,32)(H,34,35)(H,36,37). The van der Waals surface area contributed by atoms with Crippen LogP contribution in [0.2, 0.25) is 0 Å². The monoisotopic (exact) mass is 511 g/mol. The Balaban J connectivity index is 1.37. The highest BCUT2D eigenvalue weighted by molar-refractivity contribution is 6.39. The number of para-hydroxylation sites is 2. The molecule has 2 saturated heterocycles. The normalized spacial score (nSPS) is 31.2. The molecule has 2 aliphatic carbocycles. The highest BCUT2D eigenvalue weighted by Gasteiger charge is 2.44. The first kappa shape index (κ1) is 25.7. The van der Waals surface area contributed by atoms with Crippen LogP contribution in [0.15, 0.2) is 24.3 Å². The fourth-order valence-electron chi connectivity index (χ4n) is 7.82. The minimum Gasteiger partial charge on any atom is -0.474 e. The van der Waals surface area contributed by atoms with Crippen LogP contribution in [0, 0.1) is 17.8 Å². The molecule has 200 valence electrons. The van der Waals surface area contributed by atoms with E-state index in [9.17, 15) is 24.3 Å². The van der Waals surface area contributed by atoms with Gasteiger partial charge in [0.05, 0.1) is 11.4 Å². The number of carboxylic acids is 2. The van der Waals surface area contributed by atoms with Gasteiger partial charge in [-0.05, 0) is 74.8 Å². The lowest BCUT2D eigenvalue weighted by Gasteiger charge is -2.53. The van der Waals surface area contributed by atoms with Gasteiger partial charge in [-0.15, -0.1) is 0 Å². The van der Waals surface area contributed by atoms with Crippen molar-refractivity contribution in [2.24, 2.45) is 17.8 Å². The molecule has 4 fully saturated rings. The first-order chi connectivity index (χ1) is 17.8. The van der Waals surface area contributed by atoms with Crippen LogP contribution in [0.4, 0.5) is 11.4 Å². The van der Waals surface area contributed by atoms with Crippen LogP contribution in [0.1, 0.15) is 70.6 Å². The number of amides is 2. The van der Waals surface area contributed by atoms with Crippen LogP contribution in [-0.2, 0) is 19.2 Å². The van der Waals surface area contributed by atoms with Gasteiger partial charge < -0.3 is 15.5 Å². The third-order valence-electron chi connectivity index (χ3n) is 9.17. The van der Waals surface area contributed by atoms with Gasteiger partial charge in [0.1, 0.15) is 0 Å². The van der Waals surface area contributed by atoms with E-state index in [4.69, 9.17) is 5.11 Å². The highest BCUT2D eigenvalue weighted by atomic mass is 16.4. The lowest BCUT2D eigenvalue weighted by Crippen LogP contribution is -2.59.